The Bertz CT molecular complexity index is 581. The molecule has 0 aliphatic carbocycles. The van der Waals surface area contributed by atoms with Crippen LogP contribution < -0.4 is 0 Å². The second kappa shape index (κ2) is 7.03. The minimum atomic E-state index is 0.990. The van der Waals surface area contributed by atoms with E-state index in [1.807, 2.05) is 6.20 Å². The number of benzene rings is 1. The first-order valence-electron chi connectivity index (χ1n) is 8.20. The van der Waals surface area contributed by atoms with Crippen molar-refractivity contribution in [3.63, 3.8) is 0 Å². The third-order valence-corrected chi connectivity index (χ3v) is 4.48. The Morgan fingerprint density at radius 3 is 2.18 bits per heavy atom. The van der Waals surface area contributed by atoms with Gasteiger partial charge in [-0.3, -0.25) is 9.88 Å². The van der Waals surface area contributed by atoms with E-state index in [1.165, 1.54) is 42.9 Å². The van der Waals surface area contributed by atoms with E-state index in [-0.39, 0.29) is 0 Å². The molecule has 116 valence electrons. The first-order valence-corrected chi connectivity index (χ1v) is 8.20. The van der Waals surface area contributed by atoms with Crippen molar-refractivity contribution >= 4 is 0 Å². The van der Waals surface area contributed by atoms with Gasteiger partial charge in [-0.15, -0.1) is 0 Å². The normalized spacial score (nSPS) is 16.8. The minimum Gasteiger partial charge on any atom is -0.304 e. The molecular weight excluding hydrogens is 270 g/mol. The van der Waals surface area contributed by atoms with Gasteiger partial charge in [-0.1, -0.05) is 37.3 Å². The number of likely N-dealkylation sites (N-methyl/N-ethyl adjacent to an activating group) is 1. The molecule has 1 aliphatic rings. The fourth-order valence-electron chi connectivity index (χ4n) is 2.87. The fraction of sp³-hybridized carbons (Fsp3) is 0.421. The summed E-state index contributed by atoms with van der Waals surface area (Å²) < 4.78 is 0. The summed E-state index contributed by atoms with van der Waals surface area (Å²) in [7, 11) is 2.20. The van der Waals surface area contributed by atoms with E-state index in [9.17, 15) is 0 Å². The van der Waals surface area contributed by atoms with E-state index < -0.39 is 0 Å². The Morgan fingerprint density at radius 2 is 1.59 bits per heavy atom. The highest BCUT2D eigenvalue weighted by molar-refractivity contribution is 5.62. The van der Waals surface area contributed by atoms with Crippen molar-refractivity contribution in [1.82, 2.24) is 14.8 Å². The third kappa shape index (κ3) is 3.73. The Morgan fingerprint density at radius 1 is 0.909 bits per heavy atom. The molecule has 0 atom stereocenters. The number of hydrogen-bond acceptors (Lipinski definition) is 3. The maximum Gasteiger partial charge on any atom is 0.0401 e. The highest BCUT2D eigenvalue weighted by Crippen LogP contribution is 2.20. The van der Waals surface area contributed by atoms with E-state index in [0.29, 0.717) is 0 Å². The predicted octanol–water partition coefficient (Wildman–Crippen LogP) is 3.06. The molecule has 3 heteroatoms. The van der Waals surface area contributed by atoms with E-state index in [1.54, 1.807) is 0 Å². The lowest BCUT2D eigenvalue weighted by atomic mass is 10.0. The molecule has 1 saturated heterocycles. The standard InChI is InChI=1S/C19H25N3/c1-3-19-9-8-18(14-20-19)17-6-4-16(5-7-17)15-22-12-10-21(2)11-13-22/h4-9,14H,3,10-13,15H2,1-2H3. The van der Waals surface area contributed by atoms with Crippen LogP contribution in [0.4, 0.5) is 0 Å². The zero-order valence-corrected chi connectivity index (χ0v) is 13.6. The van der Waals surface area contributed by atoms with Crippen LogP contribution in [0.2, 0.25) is 0 Å². The Balaban J connectivity index is 1.64. The molecular formula is C19H25N3. The van der Waals surface area contributed by atoms with Crippen LogP contribution in [-0.2, 0) is 13.0 Å². The van der Waals surface area contributed by atoms with E-state index in [4.69, 9.17) is 0 Å². The zero-order chi connectivity index (χ0) is 15.4. The van der Waals surface area contributed by atoms with Crippen LogP contribution in [0, 0.1) is 0 Å². The summed E-state index contributed by atoms with van der Waals surface area (Å²) in [5.74, 6) is 0. The second-order valence-corrected chi connectivity index (χ2v) is 6.17. The number of aryl methyl sites for hydroxylation is 1. The van der Waals surface area contributed by atoms with Crippen LogP contribution >= 0.6 is 0 Å². The molecule has 0 spiro atoms. The van der Waals surface area contributed by atoms with Crippen LogP contribution in [0.1, 0.15) is 18.2 Å². The summed E-state index contributed by atoms with van der Waals surface area (Å²) in [6.07, 6.45) is 2.97. The largest absolute Gasteiger partial charge is 0.304 e. The average Bonchev–Trinajstić information content (AvgIpc) is 2.58. The van der Waals surface area contributed by atoms with E-state index in [2.05, 4.69) is 65.2 Å². The first kappa shape index (κ1) is 15.2. The molecule has 1 aromatic carbocycles. The number of rotatable bonds is 4. The third-order valence-electron chi connectivity index (χ3n) is 4.48. The molecule has 2 aromatic rings. The molecule has 1 aromatic heterocycles. The molecule has 0 amide bonds. The molecule has 0 saturated carbocycles. The maximum absolute atomic E-state index is 4.48. The van der Waals surface area contributed by atoms with Gasteiger partial charge < -0.3 is 4.90 Å². The Kier molecular flexibility index (Phi) is 4.86. The summed E-state index contributed by atoms with van der Waals surface area (Å²) in [6.45, 7) is 7.87. The van der Waals surface area contributed by atoms with Crippen molar-refractivity contribution in [2.45, 2.75) is 19.9 Å². The summed E-state index contributed by atoms with van der Waals surface area (Å²) in [6, 6.07) is 13.2. The van der Waals surface area contributed by atoms with Crippen molar-refractivity contribution < 1.29 is 0 Å². The average molecular weight is 295 g/mol. The minimum absolute atomic E-state index is 0.990. The molecule has 0 unspecified atom stereocenters. The highest BCUT2D eigenvalue weighted by Gasteiger charge is 2.13. The van der Waals surface area contributed by atoms with Crippen molar-refractivity contribution in [2.75, 3.05) is 33.2 Å². The predicted molar refractivity (Wildman–Crippen MR) is 91.8 cm³/mol. The number of pyridine rings is 1. The van der Waals surface area contributed by atoms with Crippen LogP contribution in [0.3, 0.4) is 0 Å². The van der Waals surface area contributed by atoms with Gasteiger partial charge in [0.05, 0.1) is 0 Å². The van der Waals surface area contributed by atoms with Gasteiger partial charge in [0, 0.05) is 50.2 Å². The van der Waals surface area contributed by atoms with E-state index in [0.717, 1.165) is 18.7 Å². The summed E-state index contributed by atoms with van der Waals surface area (Å²) >= 11 is 0. The van der Waals surface area contributed by atoms with Gasteiger partial charge in [0.1, 0.15) is 0 Å². The van der Waals surface area contributed by atoms with Crippen LogP contribution in [-0.4, -0.2) is 48.0 Å². The lowest BCUT2D eigenvalue weighted by molar-refractivity contribution is 0.148. The van der Waals surface area contributed by atoms with Gasteiger partial charge in [-0.25, -0.2) is 0 Å². The van der Waals surface area contributed by atoms with Crippen molar-refractivity contribution in [3.05, 3.63) is 53.9 Å². The number of piperazine rings is 1. The number of hydrogen-bond donors (Lipinski definition) is 0. The number of nitrogens with zero attached hydrogens (tertiary/aromatic N) is 3. The van der Waals surface area contributed by atoms with Crippen molar-refractivity contribution in [1.29, 1.82) is 0 Å². The number of aromatic nitrogens is 1. The second-order valence-electron chi connectivity index (χ2n) is 6.17. The molecule has 0 bridgehead atoms. The van der Waals surface area contributed by atoms with Crippen LogP contribution in [0.5, 0.6) is 0 Å². The highest BCUT2D eigenvalue weighted by atomic mass is 15.2. The molecule has 1 fully saturated rings. The smallest absolute Gasteiger partial charge is 0.0401 e. The molecule has 0 N–H and O–H groups in total. The van der Waals surface area contributed by atoms with Crippen LogP contribution in [0.15, 0.2) is 42.6 Å². The molecule has 22 heavy (non-hydrogen) atoms. The van der Waals surface area contributed by atoms with Gasteiger partial charge in [0.15, 0.2) is 0 Å². The monoisotopic (exact) mass is 295 g/mol. The molecule has 2 heterocycles. The van der Waals surface area contributed by atoms with E-state index >= 15 is 0 Å². The Labute approximate surface area is 133 Å². The first-order chi connectivity index (χ1) is 10.7. The summed E-state index contributed by atoms with van der Waals surface area (Å²) in [5, 5.41) is 0. The molecule has 3 rings (SSSR count). The van der Waals surface area contributed by atoms with Gasteiger partial charge in [-0.05, 0) is 30.7 Å². The fourth-order valence-corrected chi connectivity index (χ4v) is 2.87. The quantitative estimate of drug-likeness (QED) is 0.864. The van der Waals surface area contributed by atoms with Crippen molar-refractivity contribution in [3.8, 4) is 11.1 Å². The summed E-state index contributed by atoms with van der Waals surface area (Å²) in [4.78, 5) is 9.41. The van der Waals surface area contributed by atoms with Gasteiger partial charge >= 0.3 is 0 Å². The zero-order valence-electron chi connectivity index (χ0n) is 13.6. The van der Waals surface area contributed by atoms with Crippen molar-refractivity contribution in [2.24, 2.45) is 0 Å². The van der Waals surface area contributed by atoms with Gasteiger partial charge in [0.2, 0.25) is 0 Å². The SMILES string of the molecule is CCc1ccc(-c2ccc(CN3CCN(C)CC3)cc2)cn1. The summed E-state index contributed by atoms with van der Waals surface area (Å²) in [5.41, 5.74) is 4.99. The van der Waals surface area contributed by atoms with Crippen LogP contribution in [0.25, 0.3) is 11.1 Å². The Hall–Kier alpha value is -1.71. The molecule has 0 radical (unpaired) electrons. The lowest BCUT2D eigenvalue weighted by Crippen LogP contribution is -2.43. The molecule has 3 nitrogen and oxygen atoms in total. The topological polar surface area (TPSA) is 19.4 Å². The lowest BCUT2D eigenvalue weighted by Gasteiger charge is -2.32. The maximum atomic E-state index is 4.48. The van der Waals surface area contributed by atoms with Gasteiger partial charge in [0.25, 0.3) is 0 Å². The van der Waals surface area contributed by atoms with Gasteiger partial charge in [-0.2, -0.15) is 0 Å². The molecule has 1 aliphatic heterocycles.